The van der Waals surface area contributed by atoms with Gasteiger partial charge in [0.1, 0.15) is 13.2 Å². The molecule has 1 N–H and O–H groups in total. The number of halogens is 6. The zero-order valence-electron chi connectivity index (χ0n) is 16.6. The van der Waals surface area contributed by atoms with Crippen molar-refractivity contribution in [2.45, 2.75) is 16.4 Å². The Kier molecular flexibility index (Phi) is 7.43. The number of hydrogen-bond acceptors (Lipinski definition) is 7. The van der Waals surface area contributed by atoms with E-state index in [1.165, 1.54) is 18.2 Å². The standard InChI is InChI=1S/C18H14F6O8S2/c1-2-11-3-4-13-10-14(6-5-12(13)9-11)15(25)31-7-8-32-34(29,30)18(23,24)16(19,20)17(21,22)33(26,27)28/h2-6,9-10H,1,7-8H2,(H,26,27,28). The van der Waals surface area contributed by atoms with Gasteiger partial charge in [-0.25, -0.2) is 4.79 Å². The predicted octanol–water partition coefficient (Wildman–Crippen LogP) is 3.69. The number of carbonyl (C=O) groups is 1. The van der Waals surface area contributed by atoms with Gasteiger partial charge in [-0.15, -0.1) is 0 Å². The normalized spacial score (nSPS) is 13.6. The summed E-state index contributed by atoms with van der Waals surface area (Å²) in [5, 5.41) is -12.4. The van der Waals surface area contributed by atoms with Gasteiger partial charge in [0.15, 0.2) is 0 Å². The number of fused-ring (bicyclic) bond motifs is 1. The molecule has 8 nitrogen and oxygen atoms in total. The van der Waals surface area contributed by atoms with E-state index in [4.69, 9.17) is 4.55 Å². The zero-order valence-corrected chi connectivity index (χ0v) is 18.2. The molecule has 2 aromatic rings. The van der Waals surface area contributed by atoms with Crippen LogP contribution in [0.2, 0.25) is 0 Å². The molecule has 16 heteroatoms. The lowest BCUT2D eigenvalue weighted by Crippen LogP contribution is -2.60. The maximum atomic E-state index is 13.6. The molecule has 188 valence electrons. The number of alkyl halides is 6. The summed E-state index contributed by atoms with van der Waals surface area (Å²) >= 11 is 0. The van der Waals surface area contributed by atoms with Crippen LogP contribution in [0.4, 0.5) is 26.3 Å². The summed E-state index contributed by atoms with van der Waals surface area (Å²) in [7, 11) is -14.0. The van der Waals surface area contributed by atoms with Gasteiger partial charge in [0.25, 0.3) is 0 Å². The van der Waals surface area contributed by atoms with Gasteiger partial charge >= 0.3 is 42.6 Å². The predicted molar refractivity (Wildman–Crippen MR) is 106 cm³/mol. The van der Waals surface area contributed by atoms with Crippen molar-refractivity contribution in [2.75, 3.05) is 13.2 Å². The lowest BCUT2D eigenvalue weighted by molar-refractivity contribution is -0.248. The van der Waals surface area contributed by atoms with E-state index in [0.717, 1.165) is 5.56 Å². The summed E-state index contributed by atoms with van der Waals surface area (Å²) in [6.45, 7) is 1.000. The zero-order chi connectivity index (χ0) is 26.2. The summed E-state index contributed by atoms with van der Waals surface area (Å²) < 4.78 is 140. The highest BCUT2D eigenvalue weighted by Crippen LogP contribution is 2.50. The quantitative estimate of drug-likeness (QED) is 0.160. The molecule has 0 atom stereocenters. The molecule has 0 aliphatic rings. The minimum atomic E-state index is -7.15. The molecule has 0 radical (unpaired) electrons. The average Bonchev–Trinajstić information content (AvgIpc) is 2.74. The maximum absolute atomic E-state index is 13.6. The van der Waals surface area contributed by atoms with Gasteiger partial charge in [-0.1, -0.05) is 30.9 Å². The highest BCUT2D eigenvalue weighted by molar-refractivity contribution is 7.88. The highest BCUT2D eigenvalue weighted by Gasteiger charge is 2.82. The molecule has 34 heavy (non-hydrogen) atoms. The highest BCUT2D eigenvalue weighted by atomic mass is 32.2. The fourth-order valence-corrected chi connectivity index (χ4v) is 3.84. The van der Waals surface area contributed by atoms with Crippen molar-refractivity contribution >= 4 is 43.1 Å². The van der Waals surface area contributed by atoms with Gasteiger partial charge in [-0.3, -0.25) is 8.74 Å². The van der Waals surface area contributed by atoms with E-state index < -0.39 is 55.9 Å². The van der Waals surface area contributed by atoms with Gasteiger partial charge in [0.2, 0.25) is 0 Å². The minimum absolute atomic E-state index is 0.0635. The number of carbonyl (C=O) groups excluding carboxylic acids is 1. The lowest BCUT2D eigenvalue weighted by Gasteiger charge is -2.29. The largest absolute Gasteiger partial charge is 0.460 e. The molecule has 2 aromatic carbocycles. The summed E-state index contributed by atoms with van der Waals surface area (Å²) in [6, 6.07) is 9.28. The molecule has 0 fully saturated rings. The van der Waals surface area contributed by atoms with E-state index in [1.807, 2.05) is 0 Å². The van der Waals surface area contributed by atoms with Gasteiger partial charge in [0, 0.05) is 0 Å². The van der Waals surface area contributed by atoms with Gasteiger partial charge < -0.3 is 4.74 Å². The van der Waals surface area contributed by atoms with Crippen LogP contribution in [0.1, 0.15) is 15.9 Å². The Bertz CT molecular complexity index is 1320. The molecule has 0 spiro atoms. The third kappa shape index (κ3) is 4.89. The third-order valence-electron chi connectivity index (χ3n) is 4.26. The Morgan fingerprint density at radius 1 is 0.912 bits per heavy atom. The van der Waals surface area contributed by atoms with Crippen LogP contribution in [0, 0.1) is 0 Å². The first kappa shape index (κ1) is 27.6. The maximum Gasteiger partial charge on any atom is 0.439 e. The number of esters is 1. The van der Waals surface area contributed by atoms with Crippen LogP contribution in [0.3, 0.4) is 0 Å². The van der Waals surface area contributed by atoms with Crippen molar-refractivity contribution in [3.05, 3.63) is 54.1 Å². The van der Waals surface area contributed by atoms with Crippen molar-refractivity contribution in [3.8, 4) is 0 Å². The minimum Gasteiger partial charge on any atom is -0.460 e. The number of hydrogen-bond donors (Lipinski definition) is 1. The van der Waals surface area contributed by atoms with E-state index in [-0.39, 0.29) is 5.56 Å². The van der Waals surface area contributed by atoms with Gasteiger partial charge in [-0.05, 0) is 34.5 Å². The van der Waals surface area contributed by atoms with Crippen LogP contribution >= 0.6 is 0 Å². The van der Waals surface area contributed by atoms with E-state index >= 15 is 0 Å². The molecule has 0 amide bonds. The van der Waals surface area contributed by atoms with E-state index in [2.05, 4.69) is 15.5 Å². The molecule has 0 heterocycles. The molecule has 0 aromatic heterocycles. The molecule has 0 aliphatic carbocycles. The van der Waals surface area contributed by atoms with Crippen LogP contribution in [-0.2, 0) is 29.2 Å². The summed E-state index contributed by atoms with van der Waals surface area (Å²) in [4.78, 5) is 12.0. The van der Waals surface area contributed by atoms with E-state index in [0.29, 0.717) is 10.8 Å². The Balaban J connectivity index is 2.07. The Morgan fingerprint density at radius 2 is 1.47 bits per heavy atom. The van der Waals surface area contributed by atoms with E-state index in [9.17, 15) is 48.0 Å². The average molecular weight is 536 g/mol. The molecule has 0 saturated heterocycles. The van der Waals surface area contributed by atoms with Crippen molar-refractivity contribution < 1.29 is 61.4 Å². The fraction of sp³-hybridized carbons (Fsp3) is 0.278. The monoisotopic (exact) mass is 536 g/mol. The van der Waals surface area contributed by atoms with Crippen LogP contribution < -0.4 is 0 Å². The molecule has 0 bridgehead atoms. The number of ether oxygens (including phenoxy) is 1. The smallest absolute Gasteiger partial charge is 0.439 e. The van der Waals surface area contributed by atoms with Crippen molar-refractivity contribution in [1.82, 2.24) is 0 Å². The van der Waals surface area contributed by atoms with Crippen LogP contribution in [0.5, 0.6) is 0 Å². The third-order valence-corrected chi connectivity index (χ3v) is 6.53. The molecule has 0 aliphatic heterocycles. The Hall–Kier alpha value is -2.69. The number of rotatable bonds is 10. The topological polar surface area (TPSA) is 124 Å². The van der Waals surface area contributed by atoms with E-state index in [1.54, 1.807) is 24.3 Å². The fourth-order valence-electron chi connectivity index (χ4n) is 2.44. The van der Waals surface area contributed by atoms with Crippen LogP contribution in [-0.4, -0.2) is 57.0 Å². The first-order chi connectivity index (χ1) is 15.4. The Morgan fingerprint density at radius 3 is 2.03 bits per heavy atom. The Labute approximate surface area is 188 Å². The molecule has 0 unspecified atom stereocenters. The van der Waals surface area contributed by atoms with Crippen molar-refractivity contribution in [2.24, 2.45) is 0 Å². The van der Waals surface area contributed by atoms with Crippen molar-refractivity contribution in [3.63, 3.8) is 0 Å². The second-order valence-electron chi connectivity index (χ2n) is 6.52. The first-order valence-corrected chi connectivity index (χ1v) is 11.6. The molecular formula is C18H14F6O8S2. The lowest BCUT2D eigenvalue weighted by atomic mass is 10.0. The van der Waals surface area contributed by atoms with Crippen LogP contribution in [0.15, 0.2) is 43.0 Å². The summed E-state index contributed by atoms with van der Waals surface area (Å²) in [6.07, 6.45) is 1.58. The van der Waals surface area contributed by atoms with Crippen LogP contribution in [0.25, 0.3) is 16.8 Å². The second kappa shape index (κ2) is 9.16. The van der Waals surface area contributed by atoms with Gasteiger partial charge in [-0.2, -0.15) is 43.2 Å². The van der Waals surface area contributed by atoms with Gasteiger partial charge in [0.05, 0.1) is 5.56 Å². The first-order valence-electron chi connectivity index (χ1n) is 8.72. The van der Waals surface area contributed by atoms with Crippen molar-refractivity contribution in [1.29, 1.82) is 0 Å². The molecular weight excluding hydrogens is 522 g/mol. The summed E-state index contributed by atoms with van der Waals surface area (Å²) in [5.41, 5.74) is 0.726. The second-order valence-corrected chi connectivity index (χ2v) is 9.64. The SMILES string of the molecule is C=Cc1ccc2cc(C(=O)OCCOS(=O)(=O)C(F)(F)C(F)(F)C(F)(F)S(=O)(=O)O)ccc2c1. The molecule has 2 rings (SSSR count). The molecule has 0 saturated carbocycles. The number of benzene rings is 2. The summed E-state index contributed by atoms with van der Waals surface area (Å²) in [5.74, 6) is -8.22.